The molecule has 0 bridgehead atoms. The summed E-state index contributed by atoms with van der Waals surface area (Å²) in [5.41, 5.74) is 1.40. The lowest BCUT2D eigenvalue weighted by Crippen LogP contribution is -2.34. The molecule has 1 aromatic rings. The van der Waals surface area contributed by atoms with E-state index in [0.29, 0.717) is 12.5 Å². The highest BCUT2D eigenvalue weighted by Gasteiger charge is 2.33. The zero-order valence-electron chi connectivity index (χ0n) is 10.0. The fourth-order valence-electron chi connectivity index (χ4n) is 2.34. The lowest BCUT2D eigenvalue weighted by atomic mass is 10.1. The van der Waals surface area contributed by atoms with Crippen LogP contribution in [0.2, 0.25) is 0 Å². The van der Waals surface area contributed by atoms with Crippen LogP contribution in [0, 0.1) is 5.92 Å². The molecule has 1 amide bonds. The third kappa shape index (κ3) is 2.24. The van der Waals surface area contributed by atoms with E-state index in [1.807, 2.05) is 11.9 Å². The fraction of sp³-hybridized carbons (Fsp3) is 0.615. The summed E-state index contributed by atoms with van der Waals surface area (Å²) in [6.45, 7) is 1.47. The van der Waals surface area contributed by atoms with Crippen molar-refractivity contribution < 1.29 is 9.53 Å². The van der Waals surface area contributed by atoms with Crippen molar-refractivity contribution in [3.05, 3.63) is 21.9 Å². The smallest absolute Gasteiger partial charge is 0.225 e. The van der Waals surface area contributed by atoms with Crippen LogP contribution in [0.1, 0.15) is 29.4 Å². The molecule has 3 rings (SSSR count). The Labute approximate surface area is 105 Å². The highest BCUT2D eigenvalue weighted by atomic mass is 32.1. The second-order valence-electron chi connectivity index (χ2n) is 4.91. The topological polar surface area (TPSA) is 29.5 Å². The van der Waals surface area contributed by atoms with Crippen molar-refractivity contribution in [3.63, 3.8) is 0 Å². The van der Waals surface area contributed by atoms with E-state index < -0.39 is 0 Å². The average Bonchev–Trinajstić information content (AvgIpc) is 3.06. The Morgan fingerprint density at radius 1 is 1.59 bits per heavy atom. The van der Waals surface area contributed by atoms with Gasteiger partial charge < -0.3 is 9.64 Å². The standard InChI is InChI=1S/C13H17NO2S/c1-14(13(15)10-2-3-10)8-11-12-9(4-6-16-11)5-7-17-12/h5,7,10-11H,2-4,6,8H2,1H3/t11-/m0/s1. The molecule has 1 fully saturated rings. The summed E-state index contributed by atoms with van der Waals surface area (Å²) in [5, 5.41) is 2.12. The Kier molecular flexibility index (Phi) is 2.92. The molecule has 1 saturated carbocycles. The Morgan fingerprint density at radius 2 is 2.41 bits per heavy atom. The summed E-state index contributed by atoms with van der Waals surface area (Å²) in [7, 11) is 1.89. The summed E-state index contributed by atoms with van der Waals surface area (Å²) < 4.78 is 5.80. The summed E-state index contributed by atoms with van der Waals surface area (Å²) in [5.74, 6) is 0.587. The van der Waals surface area contributed by atoms with Crippen molar-refractivity contribution in [2.45, 2.75) is 25.4 Å². The van der Waals surface area contributed by atoms with Gasteiger partial charge in [-0.2, -0.15) is 0 Å². The zero-order valence-corrected chi connectivity index (χ0v) is 10.8. The van der Waals surface area contributed by atoms with Gasteiger partial charge in [-0.05, 0) is 36.3 Å². The summed E-state index contributed by atoms with van der Waals surface area (Å²) in [6.07, 6.45) is 3.24. The Morgan fingerprint density at radius 3 is 3.18 bits per heavy atom. The number of rotatable bonds is 3. The van der Waals surface area contributed by atoms with E-state index in [-0.39, 0.29) is 12.0 Å². The minimum atomic E-state index is 0.0893. The Bertz CT molecular complexity index is 425. The third-order valence-electron chi connectivity index (χ3n) is 3.51. The molecule has 1 aliphatic carbocycles. The maximum Gasteiger partial charge on any atom is 0.225 e. The van der Waals surface area contributed by atoms with Gasteiger partial charge in [0.2, 0.25) is 5.91 Å². The number of ether oxygens (including phenoxy) is 1. The van der Waals surface area contributed by atoms with Crippen LogP contribution in [0.5, 0.6) is 0 Å². The molecule has 1 aromatic heterocycles. The first-order valence-electron chi connectivity index (χ1n) is 6.18. The van der Waals surface area contributed by atoms with Gasteiger partial charge >= 0.3 is 0 Å². The maximum atomic E-state index is 11.9. The van der Waals surface area contributed by atoms with Gasteiger partial charge in [0.1, 0.15) is 6.10 Å². The molecule has 0 N–H and O–H groups in total. The molecule has 3 nitrogen and oxygen atoms in total. The molecule has 4 heteroatoms. The van der Waals surface area contributed by atoms with E-state index in [1.54, 1.807) is 11.3 Å². The quantitative estimate of drug-likeness (QED) is 0.824. The van der Waals surface area contributed by atoms with Crippen molar-refractivity contribution in [3.8, 4) is 0 Å². The minimum Gasteiger partial charge on any atom is -0.370 e. The van der Waals surface area contributed by atoms with Crippen LogP contribution in [0.3, 0.4) is 0 Å². The van der Waals surface area contributed by atoms with Crippen molar-refractivity contribution >= 4 is 17.2 Å². The number of nitrogens with zero attached hydrogens (tertiary/aromatic N) is 1. The van der Waals surface area contributed by atoms with Gasteiger partial charge in [0, 0.05) is 17.8 Å². The predicted octanol–water partition coefficient (Wildman–Crippen LogP) is 2.23. The number of carbonyl (C=O) groups excluding carboxylic acids is 1. The van der Waals surface area contributed by atoms with Crippen LogP contribution < -0.4 is 0 Å². The molecule has 0 radical (unpaired) electrons. The van der Waals surface area contributed by atoms with Gasteiger partial charge in [-0.25, -0.2) is 0 Å². The monoisotopic (exact) mass is 251 g/mol. The van der Waals surface area contributed by atoms with Crippen LogP contribution in [0.25, 0.3) is 0 Å². The van der Waals surface area contributed by atoms with Gasteiger partial charge in [0.15, 0.2) is 0 Å². The van der Waals surface area contributed by atoms with Crippen LogP contribution in [0.15, 0.2) is 11.4 Å². The van der Waals surface area contributed by atoms with Crippen molar-refractivity contribution in [2.75, 3.05) is 20.2 Å². The number of amides is 1. The molecule has 0 saturated heterocycles. The fourth-order valence-corrected chi connectivity index (χ4v) is 3.33. The van der Waals surface area contributed by atoms with Gasteiger partial charge in [-0.1, -0.05) is 0 Å². The maximum absolute atomic E-state index is 11.9. The highest BCUT2D eigenvalue weighted by molar-refractivity contribution is 7.10. The molecule has 0 spiro atoms. The molecule has 1 atom stereocenters. The lowest BCUT2D eigenvalue weighted by Gasteiger charge is -2.27. The van der Waals surface area contributed by atoms with Gasteiger partial charge in [0.05, 0.1) is 13.2 Å². The summed E-state index contributed by atoms with van der Waals surface area (Å²) >= 11 is 1.75. The van der Waals surface area contributed by atoms with E-state index in [2.05, 4.69) is 11.4 Å². The molecule has 0 aromatic carbocycles. The van der Waals surface area contributed by atoms with E-state index in [0.717, 1.165) is 25.9 Å². The molecular weight excluding hydrogens is 234 g/mol. The van der Waals surface area contributed by atoms with E-state index in [1.165, 1.54) is 10.4 Å². The third-order valence-corrected chi connectivity index (χ3v) is 4.56. The van der Waals surface area contributed by atoms with Crippen molar-refractivity contribution in [1.29, 1.82) is 0 Å². The number of fused-ring (bicyclic) bond motifs is 1. The number of likely N-dealkylation sites (N-methyl/N-ethyl adjacent to an activating group) is 1. The predicted molar refractivity (Wildman–Crippen MR) is 67.1 cm³/mol. The molecule has 2 aliphatic rings. The largest absolute Gasteiger partial charge is 0.370 e. The van der Waals surface area contributed by atoms with Crippen LogP contribution in [0.4, 0.5) is 0 Å². The van der Waals surface area contributed by atoms with Gasteiger partial charge in [-0.3, -0.25) is 4.79 Å². The highest BCUT2D eigenvalue weighted by Crippen LogP contribution is 2.34. The van der Waals surface area contributed by atoms with Crippen molar-refractivity contribution in [2.24, 2.45) is 5.92 Å². The van der Waals surface area contributed by atoms with E-state index in [9.17, 15) is 4.79 Å². The number of carbonyl (C=O) groups is 1. The summed E-state index contributed by atoms with van der Waals surface area (Å²) in [6, 6.07) is 2.18. The SMILES string of the molecule is CN(C[C@@H]1OCCc2ccsc21)C(=O)C1CC1. The first kappa shape index (κ1) is 11.2. The lowest BCUT2D eigenvalue weighted by molar-refractivity contribution is -0.133. The molecule has 17 heavy (non-hydrogen) atoms. The Balaban J connectivity index is 1.68. The van der Waals surface area contributed by atoms with E-state index in [4.69, 9.17) is 4.74 Å². The first-order valence-corrected chi connectivity index (χ1v) is 7.06. The normalized spacial score (nSPS) is 23.2. The first-order chi connectivity index (χ1) is 8.25. The van der Waals surface area contributed by atoms with Crippen LogP contribution >= 0.6 is 11.3 Å². The average molecular weight is 251 g/mol. The van der Waals surface area contributed by atoms with Gasteiger partial charge in [0.25, 0.3) is 0 Å². The molecular formula is C13H17NO2S. The van der Waals surface area contributed by atoms with Crippen LogP contribution in [-0.2, 0) is 16.0 Å². The second kappa shape index (κ2) is 4.42. The summed E-state index contributed by atoms with van der Waals surface area (Å²) in [4.78, 5) is 15.1. The number of hydrogen-bond acceptors (Lipinski definition) is 3. The van der Waals surface area contributed by atoms with Crippen LogP contribution in [-0.4, -0.2) is 31.0 Å². The van der Waals surface area contributed by atoms with Crippen molar-refractivity contribution in [1.82, 2.24) is 4.90 Å². The molecule has 92 valence electrons. The molecule has 1 aliphatic heterocycles. The number of thiophene rings is 1. The van der Waals surface area contributed by atoms with Gasteiger partial charge in [-0.15, -0.1) is 11.3 Å². The molecule has 2 heterocycles. The zero-order chi connectivity index (χ0) is 11.8. The molecule has 0 unspecified atom stereocenters. The second-order valence-corrected chi connectivity index (χ2v) is 5.86. The Hall–Kier alpha value is -0.870. The van der Waals surface area contributed by atoms with E-state index >= 15 is 0 Å². The number of hydrogen-bond donors (Lipinski definition) is 0. The minimum absolute atomic E-state index is 0.0893.